The van der Waals surface area contributed by atoms with Crippen molar-refractivity contribution in [3.8, 4) is 0 Å². The van der Waals surface area contributed by atoms with Crippen molar-refractivity contribution in [3.05, 3.63) is 23.7 Å². The van der Waals surface area contributed by atoms with Crippen LogP contribution < -0.4 is 5.32 Å². The predicted molar refractivity (Wildman–Crippen MR) is 76.8 cm³/mol. The first-order chi connectivity index (χ1) is 9.22. The summed E-state index contributed by atoms with van der Waals surface area (Å²) in [4.78, 5) is 2.55. The zero-order valence-corrected chi connectivity index (χ0v) is 12.2. The molecule has 2 saturated carbocycles. The quantitative estimate of drug-likeness (QED) is 0.780. The van der Waals surface area contributed by atoms with E-state index in [0.717, 1.165) is 30.8 Å². The van der Waals surface area contributed by atoms with E-state index in [-0.39, 0.29) is 0 Å². The number of hydrogen-bond acceptors (Lipinski definition) is 3. The normalized spacial score (nSPS) is 19.6. The summed E-state index contributed by atoms with van der Waals surface area (Å²) in [7, 11) is 0. The third kappa shape index (κ3) is 3.83. The van der Waals surface area contributed by atoms with Crippen molar-refractivity contribution < 1.29 is 4.42 Å². The van der Waals surface area contributed by atoms with Crippen LogP contribution in [0.25, 0.3) is 0 Å². The largest absolute Gasteiger partial charge is 0.468 e. The molecule has 0 spiro atoms. The standard InChI is InChI=1S/C16H26N2O/c1-12(2)18(10-13-3-4-13)11-16-14(7-8-19-16)9-17-15-5-6-15/h7-8,12-13,15,17H,3-6,9-11H2,1-2H3. The van der Waals surface area contributed by atoms with E-state index in [9.17, 15) is 0 Å². The van der Waals surface area contributed by atoms with E-state index in [1.54, 1.807) is 0 Å². The van der Waals surface area contributed by atoms with Gasteiger partial charge in [0, 0.05) is 30.7 Å². The fraction of sp³-hybridized carbons (Fsp3) is 0.750. The van der Waals surface area contributed by atoms with Crippen molar-refractivity contribution in [1.82, 2.24) is 10.2 Å². The molecule has 106 valence electrons. The summed E-state index contributed by atoms with van der Waals surface area (Å²) in [6.07, 6.45) is 7.35. The Morgan fingerprint density at radius 3 is 2.74 bits per heavy atom. The van der Waals surface area contributed by atoms with Crippen LogP contribution in [0, 0.1) is 5.92 Å². The molecule has 0 aliphatic heterocycles. The van der Waals surface area contributed by atoms with E-state index in [0.29, 0.717) is 6.04 Å². The monoisotopic (exact) mass is 262 g/mol. The molecule has 0 amide bonds. The Kier molecular flexibility index (Phi) is 3.94. The smallest absolute Gasteiger partial charge is 0.122 e. The lowest BCUT2D eigenvalue weighted by atomic mass is 10.2. The maximum Gasteiger partial charge on any atom is 0.122 e. The molecule has 3 heteroatoms. The van der Waals surface area contributed by atoms with Gasteiger partial charge in [-0.25, -0.2) is 0 Å². The molecule has 2 aliphatic carbocycles. The van der Waals surface area contributed by atoms with Gasteiger partial charge >= 0.3 is 0 Å². The Hall–Kier alpha value is -0.800. The maximum absolute atomic E-state index is 5.72. The molecule has 1 N–H and O–H groups in total. The van der Waals surface area contributed by atoms with Crippen LogP contribution in [-0.2, 0) is 13.1 Å². The second-order valence-corrected chi connectivity index (χ2v) is 6.49. The van der Waals surface area contributed by atoms with Gasteiger partial charge in [0.2, 0.25) is 0 Å². The summed E-state index contributed by atoms with van der Waals surface area (Å²) in [5, 5.41) is 3.58. The fourth-order valence-electron chi connectivity index (χ4n) is 2.48. The Labute approximate surface area is 116 Å². The van der Waals surface area contributed by atoms with Crippen LogP contribution in [0.15, 0.2) is 16.7 Å². The topological polar surface area (TPSA) is 28.4 Å². The molecule has 3 nitrogen and oxygen atoms in total. The van der Waals surface area contributed by atoms with Crippen LogP contribution in [0.4, 0.5) is 0 Å². The van der Waals surface area contributed by atoms with E-state index < -0.39 is 0 Å². The second kappa shape index (κ2) is 5.68. The summed E-state index contributed by atoms with van der Waals surface area (Å²) in [5.74, 6) is 2.09. The molecule has 1 heterocycles. The van der Waals surface area contributed by atoms with Gasteiger partial charge in [-0.15, -0.1) is 0 Å². The van der Waals surface area contributed by atoms with Gasteiger partial charge < -0.3 is 9.73 Å². The van der Waals surface area contributed by atoms with Gasteiger partial charge in [-0.1, -0.05) is 0 Å². The lowest BCUT2D eigenvalue weighted by molar-refractivity contribution is 0.187. The van der Waals surface area contributed by atoms with Gasteiger partial charge in [0.25, 0.3) is 0 Å². The predicted octanol–water partition coefficient (Wildman–Crippen LogP) is 3.15. The minimum Gasteiger partial charge on any atom is -0.468 e. The van der Waals surface area contributed by atoms with E-state index in [1.165, 1.54) is 37.8 Å². The molecule has 2 fully saturated rings. The highest BCUT2D eigenvalue weighted by molar-refractivity contribution is 5.17. The minimum atomic E-state index is 0.593. The Bertz CT molecular complexity index is 405. The summed E-state index contributed by atoms with van der Waals surface area (Å²) < 4.78 is 5.72. The summed E-state index contributed by atoms with van der Waals surface area (Å²) in [6, 6.07) is 3.48. The number of nitrogens with one attached hydrogen (secondary N) is 1. The molecule has 0 radical (unpaired) electrons. The summed E-state index contributed by atoms with van der Waals surface area (Å²) >= 11 is 0. The van der Waals surface area contributed by atoms with E-state index in [1.807, 2.05) is 6.26 Å². The SMILES string of the molecule is CC(C)N(Cc1occc1CNC1CC1)CC1CC1. The average molecular weight is 262 g/mol. The third-order valence-corrected chi connectivity index (χ3v) is 4.26. The highest BCUT2D eigenvalue weighted by Gasteiger charge is 2.26. The van der Waals surface area contributed by atoms with E-state index in [2.05, 4.69) is 30.1 Å². The zero-order chi connectivity index (χ0) is 13.2. The summed E-state index contributed by atoms with van der Waals surface area (Å²) in [5.41, 5.74) is 1.34. The van der Waals surface area contributed by atoms with Gasteiger partial charge in [0.15, 0.2) is 0 Å². The lowest BCUT2D eigenvalue weighted by Crippen LogP contribution is -2.32. The molecule has 0 saturated heterocycles. The molecule has 0 aromatic carbocycles. The molecule has 0 bridgehead atoms. The van der Waals surface area contributed by atoms with Gasteiger partial charge in [0.1, 0.15) is 5.76 Å². The molecule has 2 aliphatic rings. The number of rotatable bonds is 8. The van der Waals surface area contributed by atoms with E-state index >= 15 is 0 Å². The molecule has 1 aromatic heterocycles. The molecule has 19 heavy (non-hydrogen) atoms. The first-order valence-corrected chi connectivity index (χ1v) is 7.75. The fourth-order valence-corrected chi connectivity index (χ4v) is 2.48. The number of nitrogens with zero attached hydrogens (tertiary/aromatic N) is 1. The van der Waals surface area contributed by atoms with Crippen LogP contribution >= 0.6 is 0 Å². The molecule has 0 unspecified atom stereocenters. The lowest BCUT2D eigenvalue weighted by Gasteiger charge is -2.25. The van der Waals surface area contributed by atoms with Crippen molar-refractivity contribution in [1.29, 1.82) is 0 Å². The van der Waals surface area contributed by atoms with Gasteiger partial charge in [0.05, 0.1) is 12.8 Å². The third-order valence-electron chi connectivity index (χ3n) is 4.26. The van der Waals surface area contributed by atoms with Crippen molar-refractivity contribution in [3.63, 3.8) is 0 Å². The second-order valence-electron chi connectivity index (χ2n) is 6.49. The highest BCUT2D eigenvalue weighted by Crippen LogP contribution is 2.31. The van der Waals surface area contributed by atoms with Crippen molar-refractivity contribution in [2.24, 2.45) is 5.92 Å². The van der Waals surface area contributed by atoms with Gasteiger partial charge in [-0.2, -0.15) is 0 Å². The van der Waals surface area contributed by atoms with E-state index in [4.69, 9.17) is 4.42 Å². The number of hydrogen-bond donors (Lipinski definition) is 1. The molecular formula is C16H26N2O. The minimum absolute atomic E-state index is 0.593. The first-order valence-electron chi connectivity index (χ1n) is 7.75. The molecule has 0 atom stereocenters. The average Bonchev–Trinajstić information content (AvgIpc) is 3.28. The Morgan fingerprint density at radius 1 is 1.32 bits per heavy atom. The first kappa shape index (κ1) is 13.2. The molecule has 3 rings (SSSR count). The van der Waals surface area contributed by atoms with Crippen molar-refractivity contribution in [2.75, 3.05) is 6.54 Å². The zero-order valence-electron chi connectivity index (χ0n) is 12.2. The van der Waals surface area contributed by atoms with Gasteiger partial charge in [-0.3, -0.25) is 4.90 Å². The Morgan fingerprint density at radius 2 is 2.11 bits per heavy atom. The maximum atomic E-state index is 5.72. The van der Waals surface area contributed by atoms with Crippen molar-refractivity contribution >= 4 is 0 Å². The van der Waals surface area contributed by atoms with Crippen LogP contribution in [0.5, 0.6) is 0 Å². The summed E-state index contributed by atoms with van der Waals surface area (Å²) in [6.45, 7) is 7.73. The van der Waals surface area contributed by atoms with Crippen LogP contribution in [-0.4, -0.2) is 23.5 Å². The van der Waals surface area contributed by atoms with Crippen LogP contribution in [0.2, 0.25) is 0 Å². The van der Waals surface area contributed by atoms with Crippen LogP contribution in [0.1, 0.15) is 50.9 Å². The van der Waals surface area contributed by atoms with Crippen molar-refractivity contribution in [2.45, 2.75) is 64.7 Å². The molecular weight excluding hydrogens is 236 g/mol. The van der Waals surface area contributed by atoms with Crippen LogP contribution in [0.3, 0.4) is 0 Å². The highest BCUT2D eigenvalue weighted by atomic mass is 16.3. The van der Waals surface area contributed by atoms with Gasteiger partial charge in [-0.05, 0) is 51.5 Å². The number of furan rings is 1. The Balaban J connectivity index is 1.57. The molecule has 1 aromatic rings.